The lowest BCUT2D eigenvalue weighted by atomic mass is 9.89. The Labute approximate surface area is 368 Å². The first-order chi connectivity index (χ1) is 29.8. The third kappa shape index (κ3) is 11.8. The maximum absolute atomic E-state index is 11.0. The molecule has 320 valence electrons. The van der Waals surface area contributed by atoms with Gasteiger partial charge in [-0.25, -0.2) is 0 Å². The molecule has 0 radical (unpaired) electrons. The van der Waals surface area contributed by atoms with Crippen molar-refractivity contribution in [3.63, 3.8) is 0 Å². The average Bonchev–Trinajstić information content (AvgIpc) is 3.23. The predicted octanol–water partition coefficient (Wildman–Crippen LogP) is 7.77. The molecule has 0 aliphatic carbocycles. The first-order valence-corrected chi connectivity index (χ1v) is 20.4. The van der Waals surface area contributed by atoms with Gasteiger partial charge in [0.15, 0.2) is 0 Å². The fourth-order valence-electron chi connectivity index (χ4n) is 7.09. The number of fused-ring (bicyclic) bond motifs is 1. The number of hydrogen-bond acceptors (Lipinski definition) is 11. The SMILES string of the molecule is Cc1c(COc2cc(OCc3cncc(C#N)c3)c(CNCC(O)CC(=O)O)cc2Cl)cccc1-c1cccc(-c2cnc3c(Cl)cc(CNCC(O)CC(=O)O)cc3c2)c1C. The van der Waals surface area contributed by atoms with Crippen LogP contribution in [0, 0.1) is 25.2 Å². The molecule has 0 fully saturated rings. The second-order valence-corrected chi connectivity index (χ2v) is 15.7. The highest BCUT2D eigenvalue weighted by atomic mass is 35.5. The molecule has 0 aliphatic rings. The molecule has 62 heavy (non-hydrogen) atoms. The number of pyridine rings is 2. The van der Waals surface area contributed by atoms with Crippen LogP contribution in [-0.4, -0.2) is 67.6 Å². The first-order valence-electron chi connectivity index (χ1n) is 19.7. The number of hydrogen-bond donors (Lipinski definition) is 6. The highest BCUT2D eigenvalue weighted by Gasteiger charge is 2.17. The van der Waals surface area contributed by atoms with Gasteiger partial charge in [-0.15, -0.1) is 0 Å². The van der Waals surface area contributed by atoms with Crippen molar-refractivity contribution in [1.29, 1.82) is 5.26 Å². The second kappa shape index (κ2) is 21.1. The number of halogens is 2. The van der Waals surface area contributed by atoms with Crippen LogP contribution in [0.4, 0.5) is 0 Å². The van der Waals surface area contributed by atoms with Crippen molar-refractivity contribution in [2.45, 2.75) is 65.2 Å². The van der Waals surface area contributed by atoms with Crippen LogP contribution in [0.3, 0.4) is 0 Å². The van der Waals surface area contributed by atoms with Crippen molar-refractivity contribution in [2.24, 2.45) is 0 Å². The van der Waals surface area contributed by atoms with Crippen molar-refractivity contribution < 1.29 is 39.5 Å². The van der Waals surface area contributed by atoms with Crippen molar-refractivity contribution in [2.75, 3.05) is 13.1 Å². The summed E-state index contributed by atoms with van der Waals surface area (Å²) in [7, 11) is 0. The molecule has 0 saturated carbocycles. The molecule has 6 aromatic rings. The minimum absolute atomic E-state index is 0.0352. The zero-order valence-electron chi connectivity index (χ0n) is 34.0. The lowest BCUT2D eigenvalue weighted by Crippen LogP contribution is -2.28. The van der Waals surface area contributed by atoms with Crippen LogP contribution in [0.15, 0.2) is 91.4 Å². The van der Waals surface area contributed by atoms with Gasteiger partial charge in [0.1, 0.15) is 30.8 Å². The zero-order valence-corrected chi connectivity index (χ0v) is 35.5. The number of aliphatic hydroxyl groups is 2. The number of nitriles is 1. The number of aliphatic hydroxyl groups excluding tert-OH is 2. The molecule has 0 spiro atoms. The number of ether oxygens (including phenoxy) is 2. The van der Waals surface area contributed by atoms with E-state index in [9.17, 15) is 25.1 Å². The quantitative estimate of drug-likeness (QED) is 0.0434. The number of carboxylic acid groups (broad SMARTS) is 2. The number of nitrogens with zero attached hydrogens (tertiary/aromatic N) is 3. The summed E-state index contributed by atoms with van der Waals surface area (Å²) in [5.74, 6) is -1.35. The molecule has 0 bridgehead atoms. The Morgan fingerprint density at radius 3 is 2.10 bits per heavy atom. The van der Waals surface area contributed by atoms with E-state index in [2.05, 4.69) is 46.8 Å². The van der Waals surface area contributed by atoms with E-state index in [1.807, 2.05) is 49.5 Å². The lowest BCUT2D eigenvalue weighted by molar-refractivity contribution is -0.140. The molecule has 6 N–H and O–H groups in total. The number of carboxylic acids is 2. The van der Waals surface area contributed by atoms with Gasteiger partial charge in [0.2, 0.25) is 0 Å². The molecular formula is C47H45Cl2N5O8. The third-order valence-electron chi connectivity index (χ3n) is 10.2. The van der Waals surface area contributed by atoms with E-state index < -0.39 is 30.6 Å². The van der Waals surface area contributed by atoms with Crippen LogP contribution in [0.5, 0.6) is 11.5 Å². The Hall–Kier alpha value is -6.11. The van der Waals surface area contributed by atoms with Crippen molar-refractivity contribution in [3.8, 4) is 39.8 Å². The number of carbonyl (C=O) groups is 2. The molecule has 0 aliphatic heterocycles. The van der Waals surface area contributed by atoms with Crippen LogP contribution in [0.2, 0.25) is 10.0 Å². The molecule has 2 heterocycles. The summed E-state index contributed by atoms with van der Waals surface area (Å²) in [6.07, 6.45) is 2.05. The minimum atomic E-state index is -1.10. The standard InChI is InChI=1S/C47H45Cl2N5O8/c1-27-32(26-62-44-16-43(61-25-31-9-30(17-50)19-51-20-31)35(13-41(44)48)21-53-24-37(56)15-46(59)60)5-3-7-39(27)40-8-4-6-38(28(40)2)34-12-33-10-29(11-42(49)47(33)54-22-34)18-52-23-36(55)14-45(57)58/h3-13,16,19-20,22,36-37,52-53,55-56H,14-15,18,21,23-26H2,1-2H3,(H,57,58)(H,59,60). The van der Waals surface area contributed by atoms with E-state index in [-0.39, 0.29) is 39.3 Å². The van der Waals surface area contributed by atoms with Crippen molar-refractivity contribution in [3.05, 3.63) is 140 Å². The summed E-state index contributed by atoms with van der Waals surface area (Å²) in [5.41, 5.74) is 10.2. The number of rotatable bonds is 20. The van der Waals surface area contributed by atoms with Gasteiger partial charge in [-0.3, -0.25) is 19.6 Å². The largest absolute Gasteiger partial charge is 0.488 e. The molecule has 2 aromatic heterocycles. The Kier molecular flexibility index (Phi) is 15.5. The number of nitrogens with one attached hydrogen (secondary N) is 2. The van der Waals surface area contributed by atoms with Gasteiger partial charge in [-0.2, -0.15) is 5.26 Å². The monoisotopic (exact) mass is 877 g/mol. The average molecular weight is 879 g/mol. The van der Waals surface area contributed by atoms with E-state index in [0.29, 0.717) is 50.3 Å². The Balaban J connectivity index is 1.21. The van der Waals surface area contributed by atoms with Crippen molar-refractivity contribution in [1.82, 2.24) is 20.6 Å². The topological polar surface area (TPSA) is 207 Å². The van der Waals surface area contributed by atoms with Gasteiger partial charge in [-0.1, -0.05) is 59.6 Å². The fourth-order valence-corrected chi connectivity index (χ4v) is 7.63. The van der Waals surface area contributed by atoms with Gasteiger partial charge in [-0.05, 0) is 83.1 Å². The predicted molar refractivity (Wildman–Crippen MR) is 236 cm³/mol. The third-order valence-corrected chi connectivity index (χ3v) is 10.8. The second-order valence-electron chi connectivity index (χ2n) is 14.9. The van der Waals surface area contributed by atoms with Gasteiger partial charge >= 0.3 is 11.9 Å². The van der Waals surface area contributed by atoms with Gasteiger partial charge in [0, 0.05) is 72.9 Å². The molecular weight excluding hydrogens is 833 g/mol. The summed E-state index contributed by atoms with van der Waals surface area (Å²) in [4.78, 5) is 30.8. The minimum Gasteiger partial charge on any atom is -0.488 e. The molecule has 2 atom stereocenters. The first kappa shape index (κ1) is 45.4. The molecule has 0 saturated heterocycles. The van der Waals surface area contributed by atoms with Crippen molar-refractivity contribution >= 4 is 46.0 Å². The highest BCUT2D eigenvalue weighted by Crippen LogP contribution is 2.38. The Morgan fingerprint density at radius 2 is 1.39 bits per heavy atom. The lowest BCUT2D eigenvalue weighted by Gasteiger charge is -2.18. The summed E-state index contributed by atoms with van der Waals surface area (Å²) < 4.78 is 12.5. The van der Waals surface area contributed by atoms with E-state index >= 15 is 0 Å². The van der Waals surface area contributed by atoms with Crippen LogP contribution < -0.4 is 20.1 Å². The highest BCUT2D eigenvalue weighted by molar-refractivity contribution is 6.35. The summed E-state index contributed by atoms with van der Waals surface area (Å²) in [5, 5.41) is 55.1. The van der Waals surface area contributed by atoms with Crippen LogP contribution >= 0.6 is 23.2 Å². The maximum Gasteiger partial charge on any atom is 0.306 e. The van der Waals surface area contributed by atoms with Crippen LogP contribution in [0.1, 0.15) is 51.8 Å². The molecule has 15 heteroatoms. The van der Waals surface area contributed by atoms with E-state index in [1.165, 1.54) is 6.20 Å². The summed E-state index contributed by atoms with van der Waals surface area (Å²) >= 11 is 13.4. The Bertz CT molecular complexity index is 2640. The summed E-state index contributed by atoms with van der Waals surface area (Å²) in [6.45, 7) is 5.17. The van der Waals surface area contributed by atoms with Gasteiger partial charge < -0.3 is 40.5 Å². The molecule has 0 amide bonds. The van der Waals surface area contributed by atoms with E-state index in [1.54, 1.807) is 24.4 Å². The number of aromatic nitrogens is 2. The number of aliphatic carboxylic acids is 2. The molecule has 4 aromatic carbocycles. The Morgan fingerprint density at radius 1 is 0.726 bits per heavy atom. The fraction of sp³-hybridized carbons (Fsp3) is 0.255. The zero-order chi connectivity index (χ0) is 44.3. The smallest absolute Gasteiger partial charge is 0.306 e. The molecule has 2 unspecified atom stereocenters. The van der Waals surface area contributed by atoms with Gasteiger partial charge in [0.05, 0.1) is 46.2 Å². The van der Waals surface area contributed by atoms with Crippen LogP contribution in [0.25, 0.3) is 33.2 Å². The normalized spacial score (nSPS) is 12.1. The van der Waals surface area contributed by atoms with Crippen LogP contribution in [-0.2, 0) is 35.9 Å². The molecule has 13 nitrogen and oxygen atoms in total. The van der Waals surface area contributed by atoms with E-state index in [4.69, 9.17) is 47.9 Å². The number of benzene rings is 4. The summed E-state index contributed by atoms with van der Waals surface area (Å²) in [6, 6.07) is 25.2. The van der Waals surface area contributed by atoms with Gasteiger partial charge in [0.25, 0.3) is 0 Å². The maximum atomic E-state index is 11.0. The van der Waals surface area contributed by atoms with E-state index in [0.717, 1.165) is 49.9 Å². The molecule has 6 rings (SSSR count).